The second kappa shape index (κ2) is 9.62. The maximum absolute atomic E-state index is 13.0. The molecule has 9 nitrogen and oxygen atoms in total. The molecule has 2 fully saturated rings. The third-order valence-electron chi connectivity index (χ3n) is 6.92. The number of carbonyl (C=O) groups is 3. The highest BCUT2D eigenvalue weighted by Crippen LogP contribution is 2.49. The van der Waals surface area contributed by atoms with E-state index in [1.165, 1.54) is 0 Å². The second-order valence-electron chi connectivity index (χ2n) is 8.62. The maximum atomic E-state index is 13.0. The first kappa shape index (κ1) is 23.4. The first-order chi connectivity index (χ1) is 15.9. The first-order valence-corrected chi connectivity index (χ1v) is 11.2. The molecule has 4 rings (SSSR count). The molecular weight excluding hydrogens is 430 g/mol. The molecule has 2 aliphatic heterocycles. The monoisotopic (exact) mass is 459 g/mol. The summed E-state index contributed by atoms with van der Waals surface area (Å²) in [6.45, 7) is 1.94. The molecule has 0 unspecified atom stereocenters. The number of methoxy groups -OCH3 is 1. The van der Waals surface area contributed by atoms with Gasteiger partial charge in [-0.2, -0.15) is 4.90 Å². The van der Waals surface area contributed by atoms with Crippen molar-refractivity contribution < 1.29 is 38.5 Å². The van der Waals surface area contributed by atoms with Crippen LogP contribution in [0.2, 0.25) is 0 Å². The number of hydrogen-bond acceptors (Lipinski definition) is 8. The molecule has 3 aliphatic rings. The highest BCUT2D eigenvalue weighted by atomic mass is 16.5. The lowest BCUT2D eigenvalue weighted by molar-refractivity contribution is -0.137. The van der Waals surface area contributed by atoms with Crippen LogP contribution < -0.4 is 0 Å². The van der Waals surface area contributed by atoms with Gasteiger partial charge in [-0.3, -0.25) is 9.59 Å². The Balaban J connectivity index is 1.52. The van der Waals surface area contributed by atoms with Crippen molar-refractivity contribution in [3.8, 4) is 0 Å². The van der Waals surface area contributed by atoms with Crippen molar-refractivity contribution in [1.29, 1.82) is 0 Å². The summed E-state index contributed by atoms with van der Waals surface area (Å²) in [4.78, 5) is 38.3. The number of imide groups is 3. The Labute approximate surface area is 191 Å². The minimum absolute atomic E-state index is 0.151. The molecule has 3 amide bonds. The topological polar surface area (TPSA) is 127 Å². The number of aliphatic hydroxyl groups is 2. The molecule has 1 aromatic heterocycles. The highest BCUT2D eigenvalue weighted by Gasteiger charge is 2.58. The molecule has 0 radical (unpaired) electrons. The summed E-state index contributed by atoms with van der Waals surface area (Å²) >= 11 is 0. The molecule has 2 saturated heterocycles. The van der Waals surface area contributed by atoms with Gasteiger partial charge >= 0.3 is 6.09 Å². The summed E-state index contributed by atoms with van der Waals surface area (Å²) in [6, 6.07) is 3.55. The fraction of sp³-hybridized carbons (Fsp3) is 0.542. The fourth-order valence-corrected chi connectivity index (χ4v) is 5.32. The Morgan fingerprint density at radius 3 is 2.64 bits per heavy atom. The van der Waals surface area contributed by atoms with Gasteiger partial charge in [0.05, 0.1) is 38.3 Å². The van der Waals surface area contributed by atoms with Crippen LogP contribution in [-0.2, 0) is 25.7 Å². The SMILES string of the molecule is CC/C(=C\c1ccc(CO)o1)CC[C@H]1OC[C@H]2C1=C(CO)C[C@H]1C(=O)N(C(=O)OC)C(=O)[C@H]12. The minimum atomic E-state index is -0.970. The van der Waals surface area contributed by atoms with Crippen molar-refractivity contribution in [2.24, 2.45) is 17.8 Å². The van der Waals surface area contributed by atoms with Gasteiger partial charge in [-0.1, -0.05) is 12.5 Å². The summed E-state index contributed by atoms with van der Waals surface area (Å²) in [6.07, 6.45) is 3.14. The Kier molecular flexibility index (Phi) is 6.83. The maximum Gasteiger partial charge on any atom is 0.423 e. The quantitative estimate of drug-likeness (QED) is 0.470. The van der Waals surface area contributed by atoms with Crippen LogP contribution in [0.1, 0.15) is 44.1 Å². The number of fused-ring (bicyclic) bond motifs is 3. The highest BCUT2D eigenvalue weighted by molar-refractivity contribution is 6.16. The summed E-state index contributed by atoms with van der Waals surface area (Å²) < 4.78 is 16.2. The molecule has 0 aromatic carbocycles. The molecule has 9 heteroatoms. The molecule has 1 aliphatic carbocycles. The van der Waals surface area contributed by atoms with E-state index in [0.29, 0.717) is 22.8 Å². The van der Waals surface area contributed by atoms with E-state index in [-0.39, 0.29) is 38.3 Å². The van der Waals surface area contributed by atoms with Gasteiger partial charge in [0.1, 0.15) is 18.1 Å². The predicted molar refractivity (Wildman–Crippen MR) is 115 cm³/mol. The van der Waals surface area contributed by atoms with Gasteiger partial charge < -0.3 is 24.1 Å². The molecule has 3 heterocycles. The van der Waals surface area contributed by atoms with Crippen molar-refractivity contribution in [3.63, 3.8) is 0 Å². The van der Waals surface area contributed by atoms with E-state index in [1.54, 1.807) is 6.07 Å². The lowest BCUT2D eigenvalue weighted by Gasteiger charge is -2.31. The smallest absolute Gasteiger partial charge is 0.423 e. The Hall–Kier alpha value is -2.75. The van der Waals surface area contributed by atoms with E-state index >= 15 is 0 Å². The number of furan rings is 1. The van der Waals surface area contributed by atoms with Crippen LogP contribution in [0.15, 0.2) is 33.3 Å². The van der Waals surface area contributed by atoms with E-state index in [2.05, 4.69) is 4.74 Å². The summed E-state index contributed by atoms with van der Waals surface area (Å²) in [5.74, 6) is -1.63. The lowest BCUT2D eigenvalue weighted by atomic mass is 9.69. The van der Waals surface area contributed by atoms with Gasteiger partial charge in [0.2, 0.25) is 11.8 Å². The number of ether oxygens (including phenoxy) is 2. The van der Waals surface area contributed by atoms with E-state index < -0.39 is 29.7 Å². The number of likely N-dealkylation sites (tertiary alicyclic amines) is 1. The third-order valence-corrected chi connectivity index (χ3v) is 6.92. The van der Waals surface area contributed by atoms with Crippen molar-refractivity contribution >= 4 is 24.0 Å². The lowest BCUT2D eigenvalue weighted by Crippen LogP contribution is -2.38. The fourth-order valence-electron chi connectivity index (χ4n) is 5.32. The number of hydrogen-bond donors (Lipinski definition) is 2. The van der Waals surface area contributed by atoms with Gasteiger partial charge in [0.15, 0.2) is 0 Å². The van der Waals surface area contributed by atoms with Crippen LogP contribution in [0.5, 0.6) is 0 Å². The number of nitrogens with zero attached hydrogens (tertiary/aromatic N) is 1. The third kappa shape index (κ3) is 4.16. The number of rotatable bonds is 7. The molecule has 1 aromatic rings. The predicted octanol–water partition coefficient (Wildman–Crippen LogP) is 2.42. The number of aliphatic hydroxyl groups excluding tert-OH is 2. The average Bonchev–Trinajstić information content (AvgIpc) is 3.52. The molecule has 2 N–H and O–H groups in total. The zero-order chi connectivity index (χ0) is 23.7. The molecule has 4 atom stereocenters. The van der Waals surface area contributed by atoms with Crippen LogP contribution in [0, 0.1) is 17.8 Å². The first-order valence-electron chi connectivity index (χ1n) is 11.2. The van der Waals surface area contributed by atoms with Gasteiger partial charge in [0, 0.05) is 5.92 Å². The Morgan fingerprint density at radius 2 is 2.00 bits per heavy atom. The Morgan fingerprint density at radius 1 is 1.21 bits per heavy atom. The van der Waals surface area contributed by atoms with Gasteiger partial charge in [-0.25, -0.2) is 4.79 Å². The number of amides is 3. The van der Waals surface area contributed by atoms with E-state index in [0.717, 1.165) is 36.7 Å². The zero-order valence-corrected chi connectivity index (χ0v) is 18.8. The normalized spacial score (nSPS) is 27.3. The van der Waals surface area contributed by atoms with Gasteiger partial charge in [-0.05, 0) is 55.0 Å². The van der Waals surface area contributed by atoms with E-state index in [1.807, 2.05) is 19.1 Å². The summed E-state index contributed by atoms with van der Waals surface area (Å²) in [5.41, 5.74) is 2.75. The second-order valence-corrected chi connectivity index (χ2v) is 8.62. The molecule has 0 saturated carbocycles. The van der Waals surface area contributed by atoms with Gasteiger partial charge in [0.25, 0.3) is 0 Å². The molecule has 0 spiro atoms. The molecular formula is C24H29NO8. The van der Waals surface area contributed by atoms with E-state index in [9.17, 15) is 24.6 Å². The van der Waals surface area contributed by atoms with Crippen LogP contribution in [-0.4, -0.2) is 59.4 Å². The van der Waals surface area contributed by atoms with Crippen molar-refractivity contribution in [2.75, 3.05) is 20.3 Å². The van der Waals surface area contributed by atoms with Crippen LogP contribution in [0.4, 0.5) is 4.79 Å². The molecule has 33 heavy (non-hydrogen) atoms. The van der Waals surface area contributed by atoms with Crippen LogP contribution >= 0.6 is 0 Å². The minimum Gasteiger partial charge on any atom is -0.459 e. The number of allylic oxidation sites excluding steroid dienone is 1. The van der Waals surface area contributed by atoms with Crippen molar-refractivity contribution in [3.05, 3.63) is 40.4 Å². The van der Waals surface area contributed by atoms with Gasteiger partial charge in [-0.15, -0.1) is 0 Å². The largest absolute Gasteiger partial charge is 0.459 e. The van der Waals surface area contributed by atoms with Crippen molar-refractivity contribution in [1.82, 2.24) is 4.90 Å². The standard InChI is InChI=1S/C24H29NO8/c1-3-13(8-15-5-6-16(11-27)33-15)4-7-19-20-14(10-26)9-17-21(18(20)12-32-19)23(29)25(22(17)28)24(30)31-2/h5-6,8,17-19,21,26-27H,3-4,7,9-12H2,1-2H3/b13-8+/t17-,18+,19-,21-/m1/s1. The zero-order valence-electron chi connectivity index (χ0n) is 18.8. The number of carbonyl (C=O) groups excluding carboxylic acids is 3. The average molecular weight is 459 g/mol. The van der Waals surface area contributed by atoms with Crippen molar-refractivity contribution in [2.45, 2.75) is 45.3 Å². The summed E-state index contributed by atoms with van der Waals surface area (Å²) in [5, 5.41) is 19.2. The molecule has 0 bridgehead atoms. The summed E-state index contributed by atoms with van der Waals surface area (Å²) in [7, 11) is 1.13. The van der Waals surface area contributed by atoms with Crippen LogP contribution in [0.25, 0.3) is 6.08 Å². The van der Waals surface area contributed by atoms with Crippen LogP contribution in [0.3, 0.4) is 0 Å². The Bertz CT molecular complexity index is 1010. The molecule has 178 valence electrons. The van der Waals surface area contributed by atoms with E-state index in [4.69, 9.17) is 9.15 Å².